The molecular weight excluding hydrogens is 246 g/mol. The molecule has 1 aliphatic rings. The Morgan fingerprint density at radius 3 is 2.50 bits per heavy atom. The first-order valence-electron chi connectivity index (χ1n) is 7.75. The molecule has 0 saturated heterocycles. The number of aromatic nitrogens is 1. The summed E-state index contributed by atoms with van der Waals surface area (Å²) in [4.78, 5) is 0. The van der Waals surface area contributed by atoms with Crippen LogP contribution < -0.4 is 0 Å². The third-order valence-corrected chi connectivity index (χ3v) is 4.48. The van der Waals surface area contributed by atoms with Gasteiger partial charge in [-0.3, -0.25) is 0 Å². The number of hydrogen-bond acceptors (Lipinski definition) is 1. The predicted molar refractivity (Wildman–Crippen MR) is 82.4 cm³/mol. The highest BCUT2D eigenvalue weighted by Gasteiger charge is 2.23. The molecular formula is C18H23NO. The largest absolute Gasteiger partial charge is 0.388 e. The van der Waals surface area contributed by atoms with E-state index in [9.17, 15) is 5.11 Å². The Balaban J connectivity index is 2.19. The van der Waals surface area contributed by atoms with Gasteiger partial charge in [0.05, 0.1) is 11.8 Å². The average molecular weight is 269 g/mol. The average Bonchev–Trinajstić information content (AvgIpc) is 2.91. The highest BCUT2D eigenvalue weighted by molar-refractivity contribution is 5.51. The summed E-state index contributed by atoms with van der Waals surface area (Å²) in [6.07, 6.45) is 6.99. The molecule has 2 nitrogen and oxygen atoms in total. The van der Waals surface area contributed by atoms with Gasteiger partial charge in [0.2, 0.25) is 0 Å². The van der Waals surface area contributed by atoms with Crippen molar-refractivity contribution in [2.24, 2.45) is 0 Å². The Kier molecular flexibility index (Phi) is 3.66. The molecule has 1 heterocycles. The monoisotopic (exact) mass is 269 g/mol. The lowest BCUT2D eigenvalue weighted by atomic mass is 9.94. The molecule has 1 atom stereocenters. The van der Waals surface area contributed by atoms with E-state index in [1.807, 2.05) is 0 Å². The number of fused-ring (bicyclic) bond motifs is 1. The van der Waals surface area contributed by atoms with Crippen LogP contribution in [-0.4, -0.2) is 9.67 Å². The Labute approximate surface area is 121 Å². The van der Waals surface area contributed by atoms with Crippen LogP contribution in [0.2, 0.25) is 0 Å². The second-order valence-electron chi connectivity index (χ2n) is 5.63. The van der Waals surface area contributed by atoms with Crippen molar-refractivity contribution in [3.63, 3.8) is 0 Å². The predicted octanol–water partition coefficient (Wildman–Crippen LogP) is 3.97. The van der Waals surface area contributed by atoms with Gasteiger partial charge in [-0.15, -0.1) is 0 Å². The summed E-state index contributed by atoms with van der Waals surface area (Å²) in [6, 6.07) is 8.71. The number of hydrogen-bond donors (Lipinski definition) is 1. The number of rotatable bonds is 3. The summed E-state index contributed by atoms with van der Waals surface area (Å²) in [6.45, 7) is 4.42. The van der Waals surface area contributed by atoms with Gasteiger partial charge in [-0.05, 0) is 49.3 Å². The molecule has 106 valence electrons. The zero-order valence-electron chi connectivity index (χ0n) is 12.4. The van der Waals surface area contributed by atoms with Crippen LogP contribution in [0.15, 0.2) is 30.5 Å². The summed E-state index contributed by atoms with van der Waals surface area (Å²) >= 11 is 0. The molecule has 1 aromatic carbocycles. The van der Waals surface area contributed by atoms with Gasteiger partial charge < -0.3 is 9.67 Å². The smallest absolute Gasteiger partial charge is 0.0807 e. The minimum atomic E-state index is -0.279. The molecule has 0 aliphatic heterocycles. The van der Waals surface area contributed by atoms with Gasteiger partial charge in [0.15, 0.2) is 0 Å². The van der Waals surface area contributed by atoms with E-state index >= 15 is 0 Å². The fraction of sp³-hybridized carbons (Fsp3) is 0.444. The van der Waals surface area contributed by atoms with Crippen molar-refractivity contribution in [3.8, 4) is 5.69 Å². The Bertz CT molecular complexity index is 590. The van der Waals surface area contributed by atoms with E-state index in [0.29, 0.717) is 0 Å². The van der Waals surface area contributed by atoms with Crippen molar-refractivity contribution < 1.29 is 5.11 Å². The Morgan fingerprint density at radius 2 is 1.85 bits per heavy atom. The van der Waals surface area contributed by atoms with Crippen molar-refractivity contribution in [1.82, 2.24) is 4.57 Å². The fourth-order valence-corrected chi connectivity index (χ4v) is 3.40. The molecule has 1 N–H and O–H groups in total. The van der Waals surface area contributed by atoms with Crippen LogP contribution in [0.1, 0.15) is 55.2 Å². The number of aliphatic hydroxyl groups is 1. The maximum Gasteiger partial charge on any atom is 0.0807 e. The van der Waals surface area contributed by atoms with Crippen molar-refractivity contribution in [1.29, 1.82) is 0 Å². The third kappa shape index (κ3) is 2.08. The van der Waals surface area contributed by atoms with Crippen LogP contribution in [-0.2, 0) is 19.3 Å². The molecule has 3 rings (SSSR count). The lowest BCUT2D eigenvalue weighted by molar-refractivity contribution is 0.156. The van der Waals surface area contributed by atoms with Crippen LogP contribution in [0.4, 0.5) is 0 Å². The van der Waals surface area contributed by atoms with Gasteiger partial charge in [-0.2, -0.15) is 0 Å². The van der Waals surface area contributed by atoms with Crippen LogP contribution in [0, 0.1) is 0 Å². The molecule has 0 bridgehead atoms. The van der Waals surface area contributed by atoms with Crippen molar-refractivity contribution >= 4 is 0 Å². The molecule has 1 aliphatic carbocycles. The lowest BCUT2D eigenvalue weighted by Gasteiger charge is -2.22. The number of aryl methyl sites for hydroxylation is 2. The summed E-state index contributed by atoms with van der Waals surface area (Å²) in [7, 11) is 0. The SMILES string of the molecule is CCc1cccc(CC)c1-n1ccc2c1CCCC2O. The number of para-hydroxylation sites is 1. The van der Waals surface area contributed by atoms with E-state index in [0.717, 1.165) is 37.7 Å². The van der Waals surface area contributed by atoms with E-state index in [1.165, 1.54) is 22.5 Å². The normalized spacial score (nSPS) is 18.1. The van der Waals surface area contributed by atoms with Crippen molar-refractivity contribution in [2.45, 2.75) is 52.1 Å². The maximum absolute atomic E-state index is 10.2. The number of benzene rings is 1. The zero-order valence-corrected chi connectivity index (χ0v) is 12.4. The molecule has 0 saturated carbocycles. The van der Waals surface area contributed by atoms with Crippen molar-refractivity contribution in [3.05, 3.63) is 52.8 Å². The minimum absolute atomic E-state index is 0.279. The van der Waals surface area contributed by atoms with Crippen LogP contribution in [0.5, 0.6) is 0 Å². The summed E-state index contributed by atoms with van der Waals surface area (Å²) in [5, 5.41) is 10.2. The first-order valence-corrected chi connectivity index (χ1v) is 7.75. The van der Waals surface area contributed by atoms with Crippen LogP contribution >= 0.6 is 0 Å². The quantitative estimate of drug-likeness (QED) is 0.896. The topological polar surface area (TPSA) is 25.2 Å². The van der Waals surface area contributed by atoms with Gasteiger partial charge in [0, 0.05) is 17.5 Å². The van der Waals surface area contributed by atoms with Crippen LogP contribution in [0.25, 0.3) is 5.69 Å². The first kappa shape index (κ1) is 13.4. The first-order chi connectivity index (χ1) is 9.76. The fourth-order valence-electron chi connectivity index (χ4n) is 3.40. The molecule has 2 heteroatoms. The summed E-state index contributed by atoms with van der Waals surface area (Å²) < 4.78 is 2.33. The minimum Gasteiger partial charge on any atom is -0.388 e. The second-order valence-corrected chi connectivity index (χ2v) is 5.63. The zero-order chi connectivity index (χ0) is 14.1. The molecule has 0 amide bonds. The van der Waals surface area contributed by atoms with Gasteiger partial charge in [0.25, 0.3) is 0 Å². The summed E-state index contributed by atoms with van der Waals surface area (Å²) in [5.74, 6) is 0. The summed E-state index contributed by atoms with van der Waals surface area (Å²) in [5.41, 5.74) is 6.56. The molecule has 1 unspecified atom stereocenters. The van der Waals surface area contributed by atoms with Crippen molar-refractivity contribution in [2.75, 3.05) is 0 Å². The lowest BCUT2D eigenvalue weighted by Crippen LogP contribution is -2.13. The maximum atomic E-state index is 10.2. The van der Waals surface area contributed by atoms with E-state index in [2.05, 4.69) is 48.9 Å². The number of aliphatic hydroxyl groups excluding tert-OH is 1. The van der Waals surface area contributed by atoms with E-state index in [1.54, 1.807) is 0 Å². The highest BCUT2D eigenvalue weighted by atomic mass is 16.3. The van der Waals surface area contributed by atoms with Gasteiger partial charge in [0.1, 0.15) is 0 Å². The molecule has 0 spiro atoms. The number of nitrogens with zero attached hydrogens (tertiary/aromatic N) is 1. The van der Waals surface area contributed by atoms with Gasteiger partial charge in [-0.25, -0.2) is 0 Å². The Morgan fingerprint density at radius 1 is 1.15 bits per heavy atom. The molecule has 0 radical (unpaired) electrons. The molecule has 1 aromatic heterocycles. The second kappa shape index (κ2) is 5.45. The molecule has 2 aromatic rings. The van der Waals surface area contributed by atoms with E-state index in [4.69, 9.17) is 0 Å². The van der Waals surface area contributed by atoms with Gasteiger partial charge >= 0.3 is 0 Å². The molecule has 0 fully saturated rings. The van der Waals surface area contributed by atoms with Gasteiger partial charge in [-0.1, -0.05) is 32.0 Å². The highest BCUT2D eigenvalue weighted by Crippen LogP contribution is 2.33. The molecule has 20 heavy (non-hydrogen) atoms. The standard InChI is InChI=1S/C18H23NO/c1-3-13-7-5-8-14(4-2)18(13)19-12-11-15-16(19)9-6-10-17(15)20/h5,7-8,11-12,17,20H,3-4,6,9-10H2,1-2H3. The van der Waals surface area contributed by atoms with E-state index < -0.39 is 0 Å². The van der Waals surface area contributed by atoms with E-state index in [-0.39, 0.29) is 6.10 Å². The third-order valence-electron chi connectivity index (χ3n) is 4.48. The van der Waals surface area contributed by atoms with Crippen LogP contribution in [0.3, 0.4) is 0 Å². The Hall–Kier alpha value is -1.54.